The monoisotopic (exact) mass is 422 g/mol. The molecule has 0 spiro atoms. The van der Waals surface area contributed by atoms with Crippen LogP contribution in [0.5, 0.6) is 0 Å². The van der Waals surface area contributed by atoms with E-state index in [4.69, 9.17) is 0 Å². The number of aryl methyl sites for hydroxylation is 3. The Balaban J connectivity index is 0.000000205. The summed E-state index contributed by atoms with van der Waals surface area (Å²) in [5, 5.41) is 3.43. The van der Waals surface area contributed by atoms with Gasteiger partial charge in [0.15, 0.2) is 11.6 Å². The zero-order valence-corrected chi connectivity index (χ0v) is 18.9. The molecular weight excluding hydrogens is 392 g/mol. The van der Waals surface area contributed by atoms with Gasteiger partial charge < -0.3 is 4.98 Å². The van der Waals surface area contributed by atoms with Crippen LogP contribution in [0.3, 0.4) is 0 Å². The van der Waals surface area contributed by atoms with Crippen molar-refractivity contribution in [1.82, 2.24) is 9.97 Å². The van der Waals surface area contributed by atoms with E-state index in [-0.39, 0.29) is 18.6 Å². The van der Waals surface area contributed by atoms with Crippen LogP contribution in [0.1, 0.15) is 62.2 Å². The smallest absolute Gasteiger partial charge is 0.260 e. The molecule has 0 aliphatic heterocycles. The van der Waals surface area contributed by atoms with Crippen LogP contribution >= 0.6 is 11.3 Å². The second-order valence-corrected chi connectivity index (χ2v) is 8.08. The van der Waals surface area contributed by atoms with E-state index in [0.717, 1.165) is 31.2 Å². The van der Waals surface area contributed by atoms with E-state index in [1.54, 1.807) is 11.3 Å². The van der Waals surface area contributed by atoms with E-state index in [1.165, 1.54) is 28.1 Å². The van der Waals surface area contributed by atoms with Crippen molar-refractivity contribution >= 4 is 38.1 Å². The first-order valence-corrected chi connectivity index (χ1v) is 11.4. The molecule has 30 heavy (non-hydrogen) atoms. The average Bonchev–Trinajstić information content (AvgIpc) is 3.36. The highest BCUT2D eigenvalue weighted by molar-refractivity contribution is 7.18. The number of rotatable bonds is 2. The summed E-state index contributed by atoms with van der Waals surface area (Å²) >= 11 is 1.55. The fourth-order valence-corrected chi connectivity index (χ4v) is 5.03. The lowest BCUT2D eigenvalue weighted by atomic mass is 10.0. The molecule has 158 valence electrons. The maximum Gasteiger partial charge on any atom is 0.260 e. The van der Waals surface area contributed by atoms with Crippen molar-refractivity contribution in [3.63, 3.8) is 0 Å². The highest BCUT2D eigenvalue weighted by Gasteiger charge is 2.21. The summed E-state index contributed by atoms with van der Waals surface area (Å²) in [6.07, 6.45) is 4.22. The quantitative estimate of drug-likeness (QED) is 0.383. The molecule has 0 fully saturated rings. The van der Waals surface area contributed by atoms with Crippen molar-refractivity contribution in [3.05, 3.63) is 74.6 Å². The zero-order valence-electron chi connectivity index (χ0n) is 18.0. The number of benzene rings is 2. The van der Waals surface area contributed by atoms with Crippen molar-refractivity contribution in [2.75, 3.05) is 0 Å². The summed E-state index contributed by atoms with van der Waals surface area (Å²) < 4.78 is 0. The molecule has 0 unspecified atom stereocenters. The van der Waals surface area contributed by atoms with Crippen molar-refractivity contribution in [1.29, 1.82) is 0 Å². The number of nitrogens with one attached hydrogen (secondary N) is 1. The number of ketones is 1. The molecule has 4 aromatic rings. The molecule has 5 heteroatoms. The van der Waals surface area contributed by atoms with Gasteiger partial charge in [-0.25, -0.2) is 4.98 Å². The minimum atomic E-state index is -0.201. The molecule has 2 heterocycles. The molecule has 1 aliphatic carbocycles. The van der Waals surface area contributed by atoms with Crippen LogP contribution in [0.25, 0.3) is 21.0 Å². The number of aromatic nitrogens is 2. The predicted octanol–water partition coefficient (Wildman–Crippen LogP) is 6.35. The molecule has 2 aromatic heterocycles. The van der Waals surface area contributed by atoms with Gasteiger partial charge in [-0.15, -0.1) is 11.3 Å². The minimum absolute atomic E-state index is 0. The second-order valence-electron chi connectivity index (χ2n) is 7.00. The summed E-state index contributed by atoms with van der Waals surface area (Å²) in [5.41, 5.74) is 2.41. The largest absolute Gasteiger partial charge is 0.303 e. The van der Waals surface area contributed by atoms with Crippen LogP contribution < -0.4 is 5.56 Å². The lowest BCUT2D eigenvalue weighted by Gasteiger charge is -2.02. The third-order valence-electron chi connectivity index (χ3n) is 5.17. The maximum absolute atomic E-state index is 11.9. The van der Waals surface area contributed by atoms with Crippen LogP contribution in [-0.2, 0) is 19.3 Å². The van der Waals surface area contributed by atoms with E-state index in [9.17, 15) is 9.59 Å². The van der Waals surface area contributed by atoms with E-state index >= 15 is 0 Å². The van der Waals surface area contributed by atoms with Gasteiger partial charge in [-0.05, 0) is 47.6 Å². The van der Waals surface area contributed by atoms with Gasteiger partial charge >= 0.3 is 0 Å². The SMILES string of the molecule is CC.CC(=O)c1nc2sc3c(c2c(=O)[nH]1)CCC3.CCc1cccc2ccccc12.[HH]. The topological polar surface area (TPSA) is 62.8 Å². The van der Waals surface area contributed by atoms with Crippen LogP contribution in [0.15, 0.2) is 47.3 Å². The molecule has 0 atom stereocenters. The van der Waals surface area contributed by atoms with Gasteiger partial charge in [-0.2, -0.15) is 0 Å². The first-order chi connectivity index (χ1) is 14.6. The number of fused-ring (bicyclic) bond motifs is 4. The lowest BCUT2D eigenvalue weighted by molar-refractivity contribution is 0.100. The molecule has 0 radical (unpaired) electrons. The van der Waals surface area contributed by atoms with Gasteiger partial charge in [0.1, 0.15) is 4.83 Å². The molecule has 0 amide bonds. The van der Waals surface area contributed by atoms with Gasteiger partial charge in [0, 0.05) is 13.2 Å². The third kappa shape index (κ3) is 4.36. The highest BCUT2D eigenvalue weighted by atomic mass is 32.1. The Bertz CT molecular complexity index is 1240. The van der Waals surface area contributed by atoms with Gasteiger partial charge in [-0.3, -0.25) is 9.59 Å². The fourth-order valence-electron chi connectivity index (χ4n) is 3.77. The van der Waals surface area contributed by atoms with E-state index in [2.05, 4.69) is 59.4 Å². The molecule has 0 saturated heterocycles. The number of carbonyl (C=O) groups excluding carboxylic acids is 1. The second kappa shape index (κ2) is 9.81. The minimum Gasteiger partial charge on any atom is -0.303 e. The van der Waals surface area contributed by atoms with E-state index in [1.807, 2.05) is 13.8 Å². The van der Waals surface area contributed by atoms with Crippen LogP contribution in [0, 0.1) is 0 Å². The Morgan fingerprint density at radius 3 is 2.60 bits per heavy atom. The number of thiophene rings is 1. The van der Waals surface area contributed by atoms with Crippen LogP contribution in [0.4, 0.5) is 0 Å². The van der Waals surface area contributed by atoms with Gasteiger partial charge in [0.05, 0.1) is 5.39 Å². The molecule has 1 N–H and O–H groups in total. The Kier molecular flexibility index (Phi) is 7.16. The van der Waals surface area contributed by atoms with Crippen molar-refractivity contribution in [2.24, 2.45) is 0 Å². The average molecular weight is 423 g/mol. The van der Waals surface area contributed by atoms with E-state index < -0.39 is 0 Å². The fraction of sp³-hybridized carbons (Fsp3) is 0.320. The zero-order chi connectivity index (χ0) is 21.7. The number of H-pyrrole nitrogens is 1. The Labute approximate surface area is 182 Å². The van der Waals surface area contributed by atoms with Gasteiger partial charge in [0.2, 0.25) is 0 Å². The number of Topliss-reactive ketones (excluding diaryl/α,β-unsaturated/α-hetero) is 1. The summed E-state index contributed by atoms with van der Waals surface area (Å²) in [6, 6.07) is 15.0. The number of nitrogens with zero attached hydrogens (tertiary/aromatic N) is 1. The number of aromatic amines is 1. The highest BCUT2D eigenvalue weighted by Crippen LogP contribution is 2.34. The lowest BCUT2D eigenvalue weighted by Crippen LogP contribution is -2.14. The van der Waals surface area contributed by atoms with Gasteiger partial charge in [0.25, 0.3) is 5.56 Å². The first kappa shape index (κ1) is 21.9. The van der Waals surface area contributed by atoms with Crippen LogP contribution in [-0.4, -0.2) is 15.8 Å². The summed E-state index contributed by atoms with van der Waals surface area (Å²) in [5.74, 6) is -0.0371. The molecule has 4 nitrogen and oxygen atoms in total. The first-order valence-electron chi connectivity index (χ1n) is 10.6. The van der Waals surface area contributed by atoms with Gasteiger partial charge in [-0.1, -0.05) is 63.2 Å². The van der Waals surface area contributed by atoms with Crippen LogP contribution in [0.2, 0.25) is 0 Å². The Morgan fingerprint density at radius 2 is 1.87 bits per heavy atom. The Morgan fingerprint density at radius 1 is 1.13 bits per heavy atom. The molecule has 2 aromatic carbocycles. The number of hydrogen-bond acceptors (Lipinski definition) is 4. The summed E-state index contributed by atoms with van der Waals surface area (Å²) in [4.78, 5) is 31.8. The molecule has 0 saturated carbocycles. The van der Waals surface area contributed by atoms with Crippen molar-refractivity contribution in [2.45, 2.75) is 53.4 Å². The number of hydrogen-bond donors (Lipinski definition) is 1. The summed E-state index contributed by atoms with van der Waals surface area (Å²) in [7, 11) is 0. The van der Waals surface area contributed by atoms with Crippen molar-refractivity contribution < 1.29 is 6.22 Å². The predicted molar refractivity (Wildman–Crippen MR) is 129 cm³/mol. The normalized spacial score (nSPS) is 12.0. The standard InChI is InChI=1S/C12H12.C11H10N2O2S.C2H6.H2/c1-2-10-7-5-8-11-6-3-4-9-12(10)11;1-5(14)9-12-10(15)8-6-3-2-4-7(6)16-11(8)13-9;1-2;/h3-9H,2H2,1H3;2-4H2,1H3,(H,12,13,15);1-2H3;1H. The molecular formula is C25H30N2O2S. The van der Waals surface area contributed by atoms with E-state index in [0.29, 0.717) is 10.2 Å². The number of carbonyl (C=O) groups is 1. The molecule has 1 aliphatic rings. The van der Waals surface area contributed by atoms with Crippen molar-refractivity contribution in [3.8, 4) is 0 Å². The Hall–Kier alpha value is -2.79. The third-order valence-corrected chi connectivity index (χ3v) is 6.36. The molecule has 0 bridgehead atoms. The molecule has 5 rings (SSSR count). The summed E-state index contributed by atoms with van der Waals surface area (Å²) in [6.45, 7) is 7.60. The maximum atomic E-state index is 11.9.